The van der Waals surface area contributed by atoms with Crippen LogP contribution >= 0.6 is 0 Å². The van der Waals surface area contributed by atoms with Crippen molar-refractivity contribution in [1.29, 1.82) is 0 Å². The van der Waals surface area contributed by atoms with Crippen LogP contribution in [0.5, 0.6) is 5.88 Å². The Bertz CT molecular complexity index is 753. The van der Waals surface area contributed by atoms with E-state index in [-0.39, 0.29) is 5.91 Å². The summed E-state index contributed by atoms with van der Waals surface area (Å²) < 4.78 is 7.43. The molecule has 0 N–H and O–H groups in total. The number of hydrogen-bond donors (Lipinski definition) is 0. The summed E-state index contributed by atoms with van der Waals surface area (Å²) in [5.74, 6) is 2.79. The number of likely N-dealkylation sites (tertiary alicyclic amines) is 1. The van der Waals surface area contributed by atoms with E-state index in [1.165, 1.54) is 12.8 Å². The molecule has 132 valence electrons. The first-order valence-electron chi connectivity index (χ1n) is 9.05. The van der Waals surface area contributed by atoms with Crippen LogP contribution in [0.4, 0.5) is 0 Å². The summed E-state index contributed by atoms with van der Waals surface area (Å²) in [4.78, 5) is 23.5. The first-order chi connectivity index (χ1) is 12.2. The molecule has 2 aromatic heterocycles. The molecule has 1 aliphatic carbocycles. The number of methoxy groups -OCH3 is 1. The van der Waals surface area contributed by atoms with Crippen molar-refractivity contribution < 1.29 is 9.53 Å². The molecule has 2 aromatic rings. The molecule has 2 aliphatic rings. The summed E-state index contributed by atoms with van der Waals surface area (Å²) in [5.41, 5.74) is 0.633. The van der Waals surface area contributed by atoms with Gasteiger partial charge in [0.15, 0.2) is 0 Å². The van der Waals surface area contributed by atoms with Gasteiger partial charge in [-0.3, -0.25) is 4.79 Å². The number of hydrogen-bond acceptors (Lipinski definition) is 4. The maximum absolute atomic E-state index is 12.9. The third kappa shape index (κ3) is 3.52. The molecular weight excluding hydrogens is 316 g/mol. The van der Waals surface area contributed by atoms with Gasteiger partial charge in [0, 0.05) is 55.8 Å². The molecule has 2 fully saturated rings. The lowest BCUT2D eigenvalue weighted by Gasteiger charge is -2.32. The molecule has 4 rings (SSSR count). The number of piperidine rings is 1. The Labute approximate surface area is 147 Å². The highest BCUT2D eigenvalue weighted by atomic mass is 16.5. The van der Waals surface area contributed by atoms with Crippen LogP contribution in [0.25, 0.3) is 0 Å². The number of carbonyl (C=O) groups excluding carboxylic acids is 1. The minimum Gasteiger partial charge on any atom is -0.481 e. The van der Waals surface area contributed by atoms with Crippen molar-refractivity contribution in [3.63, 3.8) is 0 Å². The van der Waals surface area contributed by atoms with Crippen molar-refractivity contribution >= 4 is 5.91 Å². The van der Waals surface area contributed by atoms with Gasteiger partial charge < -0.3 is 14.2 Å². The molecule has 0 radical (unpaired) electrons. The molecule has 6 nitrogen and oxygen atoms in total. The number of ether oxygens (including phenoxy) is 1. The maximum atomic E-state index is 12.9. The Morgan fingerprint density at radius 2 is 2.16 bits per heavy atom. The van der Waals surface area contributed by atoms with E-state index in [4.69, 9.17) is 4.74 Å². The Hall–Kier alpha value is -2.37. The van der Waals surface area contributed by atoms with Gasteiger partial charge in [-0.2, -0.15) is 0 Å². The van der Waals surface area contributed by atoms with Crippen molar-refractivity contribution in [3.8, 4) is 5.88 Å². The van der Waals surface area contributed by atoms with E-state index in [1.807, 2.05) is 11.1 Å². The van der Waals surface area contributed by atoms with E-state index < -0.39 is 0 Å². The van der Waals surface area contributed by atoms with Gasteiger partial charge in [0.1, 0.15) is 5.82 Å². The molecule has 0 bridgehead atoms. The zero-order chi connectivity index (χ0) is 17.2. The van der Waals surface area contributed by atoms with Crippen molar-refractivity contribution in [2.75, 3.05) is 20.2 Å². The summed E-state index contributed by atoms with van der Waals surface area (Å²) >= 11 is 0. The summed E-state index contributed by atoms with van der Waals surface area (Å²) in [6.07, 6.45) is 10.4. The van der Waals surface area contributed by atoms with Crippen LogP contribution in [-0.4, -0.2) is 45.5 Å². The first kappa shape index (κ1) is 16.1. The molecule has 1 aliphatic heterocycles. The number of aromatic nitrogens is 3. The fourth-order valence-corrected chi connectivity index (χ4v) is 3.62. The van der Waals surface area contributed by atoms with Crippen LogP contribution in [0.1, 0.15) is 47.8 Å². The average Bonchev–Trinajstić information content (AvgIpc) is 3.36. The van der Waals surface area contributed by atoms with Crippen molar-refractivity contribution in [3.05, 3.63) is 42.1 Å². The van der Waals surface area contributed by atoms with Gasteiger partial charge in [-0.15, -0.1) is 0 Å². The van der Waals surface area contributed by atoms with E-state index >= 15 is 0 Å². The molecule has 1 saturated carbocycles. The van der Waals surface area contributed by atoms with E-state index in [0.29, 0.717) is 17.4 Å². The van der Waals surface area contributed by atoms with Gasteiger partial charge >= 0.3 is 0 Å². The highest BCUT2D eigenvalue weighted by Crippen LogP contribution is 2.33. The normalized spacial score (nSPS) is 20.5. The highest BCUT2D eigenvalue weighted by molar-refractivity contribution is 5.94. The highest BCUT2D eigenvalue weighted by Gasteiger charge is 2.29. The molecule has 1 amide bonds. The lowest BCUT2D eigenvalue weighted by Crippen LogP contribution is -2.39. The van der Waals surface area contributed by atoms with Gasteiger partial charge in [0.05, 0.1) is 7.11 Å². The summed E-state index contributed by atoms with van der Waals surface area (Å²) in [6, 6.07) is 3.46. The fraction of sp³-hybridized carbons (Fsp3) is 0.526. The third-order valence-corrected chi connectivity index (χ3v) is 5.16. The molecular formula is C19H24N4O2. The van der Waals surface area contributed by atoms with Crippen LogP contribution in [0, 0.1) is 5.92 Å². The number of rotatable bonds is 5. The fourth-order valence-electron chi connectivity index (χ4n) is 3.62. The Balaban J connectivity index is 1.48. The first-order valence-corrected chi connectivity index (χ1v) is 9.05. The lowest BCUT2D eigenvalue weighted by atomic mass is 9.96. The minimum absolute atomic E-state index is 0.0469. The van der Waals surface area contributed by atoms with Gasteiger partial charge in [-0.1, -0.05) is 0 Å². The van der Waals surface area contributed by atoms with Gasteiger partial charge in [-0.25, -0.2) is 9.97 Å². The zero-order valence-corrected chi connectivity index (χ0v) is 14.6. The van der Waals surface area contributed by atoms with E-state index in [1.54, 1.807) is 25.4 Å². The SMILES string of the molecule is COc1cc(C(=O)N2CCC[C@H](c3nccn3CC3CC3)C2)ccn1. The van der Waals surface area contributed by atoms with Crippen molar-refractivity contribution in [2.45, 2.75) is 38.1 Å². The number of imidazole rings is 1. The predicted molar refractivity (Wildman–Crippen MR) is 93.6 cm³/mol. The Morgan fingerprint density at radius 1 is 1.28 bits per heavy atom. The van der Waals surface area contributed by atoms with Crippen LogP contribution in [0.15, 0.2) is 30.7 Å². The number of carbonyl (C=O) groups is 1. The molecule has 0 spiro atoms. The molecule has 3 heterocycles. The van der Waals surface area contributed by atoms with Crippen molar-refractivity contribution in [2.24, 2.45) is 5.92 Å². The zero-order valence-electron chi connectivity index (χ0n) is 14.6. The van der Waals surface area contributed by atoms with Crippen LogP contribution in [0.2, 0.25) is 0 Å². The number of pyridine rings is 1. The monoisotopic (exact) mass is 340 g/mol. The minimum atomic E-state index is 0.0469. The molecule has 6 heteroatoms. The van der Waals surface area contributed by atoms with E-state index in [2.05, 4.69) is 20.7 Å². The second-order valence-corrected chi connectivity index (χ2v) is 7.06. The largest absolute Gasteiger partial charge is 0.481 e. The number of amides is 1. The third-order valence-electron chi connectivity index (χ3n) is 5.16. The molecule has 25 heavy (non-hydrogen) atoms. The summed E-state index contributed by atoms with van der Waals surface area (Å²) in [6.45, 7) is 2.59. The molecule has 0 unspecified atom stereocenters. The van der Waals surface area contributed by atoms with Crippen LogP contribution < -0.4 is 4.74 Å². The van der Waals surface area contributed by atoms with Crippen molar-refractivity contribution in [1.82, 2.24) is 19.4 Å². The quantitative estimate of drug-likeness (QED) is 0.840. The second-order valence-electron chi connectivity index (χ2n) is 7.06. The number of nitrogens with zero attached hydrogens (tertiary/aromatic N) is 4. The smallest absolute Gasteiger partial charge is 0.254 e. The standard InChI is InChI=1S/C19H24N4O2/c1-25-17-11-15(6-7-20-17)19(24)23-9-2-3-16(13-23)18-21-8-10-22(18)12-14-4-5-14/h6-8,10-11,14,16H,2-5,9,12-13H2,1H3/t16-/m0/s1. The van der Waals surface area contributed by atoms with Crippen LogP contribution in [-0.2, 0) is 6.54 Å². The summed E-state index contributed by atoms with van der Waals surface area (Å²) in [5, 5.41) is 0. The van der Waals surface area contributed by atoms with Crippen LogP contribution in [0.3, 0.4) is 0 Å². The van der Waals surface area contributed by atoms with Gasteiger partial charge in [0.2, 0.25) is 5.88 Å². The molecule has 1 saturated heterocycles. The second kappa shape index (κ2) is 6.86. The Kier molecular flexibility index (Phi) is 4.42. The lowest BCUT2D eigenvalue weighted by molar-refractivity contribution is 0.0702. The Morgan fingerprint density at radius 3 is 2.96 bits per heavy atom. The van der Waals surface area contributed by atoms with Gasteiger partial charge in [-0.05, 0) is 37.7 Å². The molecule has 0 aromatic carbocycles. The summed E-state index contributed by atoms with van der Waals surface area (Å²) in [7, 11) is 1.56. The van der Waals surface area contributed by atoms with E-state index in [0.717, 1.165) is 44.2 Å². The van der Waals surface area contributed by atoms with E-state index in [9.17, 15) is 4.79 Å². The average molecular weight is 340 g/mol. The maximum Gasteiger partial charge on any atom is 0.254 e. The molecule has 1 atom stereocenters. The van der Waals surface area contributed by atoms with Gasteiger partial charge in [0.25, 0.3) is 5.91 Å². The predicted octanol–water partition coefficient (Wildman–Crippen LogP) is 2.72. The topological polar surface area (TPSA) is 60.2 Å².